The Morgan fingerprint density at radius 2 is 1.81 bits per heavy atom. The van der Waals surface area contributed by atoms with Crippen LogP contribution in [-0.2, 0) is 4.79 Å². The number of amides is 2. The summed E-state index contributed by atoms with van der Waals surface area (Å²) in [5.41, 5.74) is 0.848. The summed E-state index contributed by atoms with van der Waals surface area (Å²) in [6, 6.07) is 10.6. The van der Waals surface area contributed by atoms with E-state index in [9.17, 15) is 14.0 Å². The number of nitrogens with one attached hydrogen (secondary N) is 1. The van der Waals surface area contributed by atoms with Crippen molar-refractivity contribution < 1.29 is 23.5 Å². The topological polar surface area (TPSA) is 67.9 Å². The molecule has 0 spiro atoms. The Labute approximate surface area is 151 Å². The second-order valence-electron chi connectivity index (χ2n) is 5.48. The molecule has 0 atom stereocenters. The van der Waals surface area contributed by atoms with Gasteiger partial charge in [-0.2, -0.15) is 0 Å². The van der Waals surface area contributed by atoms with Crippen LogP contribution in [0.1, 0.15) is 17.3 Å². The monoisotopic (exact) mass is 360 g/mol. The van der Waals surface area contributed by atoms with E-state index < -0.39 is 5.82 Å². The summed E-state index contributed by atoms with van der Waals surface area (Å²) >= 11 is 0. The lowest BCUT2D eigenvalue weighted by Gasteiger charge is -2.21. The summed E-state index contributed by atoms with van der Waals surface area (Å²) in [5.74, 6) is -0.00374. The molecule has 0 aromatic heterocycles. The third kappa shape index (κ3) is 4.72. The van der Waals surface area contributed by atoms with Crippen LogP contribution < -0.4 is 19.7 Å². The highest BCUT2D eigenvalue weighted by Gasteiger charge is 2.14. The lowest BCUT2D eigenvalue weighted by Crippen LogP contribution is -2.37. The average molecular weight is 360 g/mol. The first-order chi connectivity index (χ1) is 12.5. The number of nitrogens with zero attached hydrogens (tertiary/aromatic N) is 1. The van der Waals surface area contributed by atoms with Crippen molar-refractivity contribution in [1.82, 2.24) is 5.32 Å². The maximum atomic E-state index is 13.4. The highest BCUT2D eigenvalue weighted by molar-refractivity contribution is 5.95. The molecule has 7 heteroatoms. The molecule has 2 amide bonds. The fraction of sp³-hybridized carbons (Fsp3) is 0.263. The Morgan fingerprint density at radius 1 is 1.08 bits per heavy atom. The molecule has 0 aliphatic rings. The molecule has 0 saturated carbocycles. The first-order valence-corrected chi connectivity index (χ1v) is 8.00. The van der Waals surface area contributed by atoms with E-state index in [1.807, 2.05) is 0 Å². The van der Waals surface area contributed by atoms with E-state index in [4.69, 9.17) is 9.47 Å². The third-order valence-electron chi connectivity index (χ3n) is 3.77. The summed E-state index contributed by atoms with van der Waals surface area (Å²) in [4.78, 5) is 25.5. The molecule has 0 heterocycles. The number of methoxy groups -OCH3 is 2. The molecule has 0 fully saturated rings. The molecular formula is C19H21FN2O4. The lowest BCUT2D eigenvalue weighted by molar-refractivity contribution is -0.116. The standard InChI is InChI=1S/C19H21FN2O4/c1-13(23)22(16-6-4-5-15(20)12-16)10-9-21-19(24)14-7-8-17(25-2)18(11-14)26-3/h4-8,11-12H,9-10H2,1-3H3,(H,21,24). The molecule has 2 rings (SSSR count). The summed E-state index contributed by atoms with van der Waals surface area (Å²) in [5, 5.41) is 2.73. The molecule has 0 aliphatic carbocycles. The maximum Gasteiger partial charge on any atom is 0.251 e. The zero-order valence-electron chi connectivity index (χ0n) is 14.9. The van der Waals surface area contributed by atoms with Crippen molar-refractivity contribution in [3.63, 3.8) is 0 Å². The number of anilines is 1. The van der Waals surface area contributed by atoms with E-state index in [-0.39, 0.29) is 24.9 Å². The molecule has 138 valence electrons. The van der Waals surface area contributed by atoms with Gasteiger partial charge in [-0.15, -0.1) is 0 Å². The van der Waals surface area contributed by atoms with Crippen LogP contribution in [0.25, 0.3) is 0 Å². The third-order valence-corrected chi connectivity index (χ3v) is 3.77. The number of ether oxygens (including phenoxy) is 2. The van der Waals surface area contributed by atoms with Gasteiger partial charge < -0.3 is 19.7 Å². The fourth-order valence-corrected chi connectivity index (χ4v) is 2.47. The summed E-state index contributed by atoms with van der Waals surface area (Å²) in [6.45, 7) is 1.82. The van der Waals surface area contributed by atoms with Gasteiger partial charge in [0.1, 0.15) is 5.82 Å². The first kappa shape index (κ1) is 19.2. The molecule has 2 aromatic rings. The Hall–Kier alpha value is -3.09. The minimum Gasteiger partial charge on any atom is -0.493 e. The second kappa shape index (κ2) is 8.84. The van der Waals surface area contributed by atoms with Gasteiger partial charge in [-0.3, -0.25) is 9.59 Å². The minimum absolute atomic E-state index is 0.212. The van der Waals surface area contributed by atoms with Crippen LogP contribution in [0.2, 0.25) is 0 Å². The zero-order valence-corrected chi connectivity index (χ0v) is 14.9. The molecule has 1 N–H and O–H groups in total. The van der Waals surface area contributed by atoms with E-state index in [1.54, 1.807) is 24.3 Å². The highest BCUT2D eigenvalue weighted by Crippen LogP contribution is 2.27. The predicted molar refractivity (Wildman–Crippen MR) is 96.3 cm³/mol. The summed E-state index contributed by atoms with van der Waals surface area (Å²) in [6.07, 6.45) is 0. The maximum absolute atomic E-state index is 13.4. The Bertz CT molecular complexity index is 795. The van der Waals surface area contributed by atoms with Gasteiger partial charge in [-0.05, 0) is 36.4 Å². The normalized spacial score (nSPS) is 10.2. The number of carbonyl (C=O) groups is 2. The first-order valence-electron chi connectivity index (χ1n) is 8.00. The van der Waals surface area contributed by atoms with Gasteiger partial charge in [0.2, 0.25) is 5.91 Å². The molecule has 0 bridgehead atoms. The van der Waals surface area contributed by atoms with Crippen LogP contribution in [0, 0.1) is 5.82 Å². The van der Waals surface area contributed by atoms with Crippen molar-refractivity contribution in [3.8, 4) is 11.5 Å². The van der Waals surface area contributed by atoms with Crippen molar-refractivity contribution >= 4 is 17.5 Å². The second-order valence-corrected chi connectivity index (χ2v) is 5.48. The summed E-state index contributed by atoms with van der Waals surface area (Å²) < 4.78 is 23.7. The molecule has 0 unspecified atom stereocenters. The molecule has 0 aliphatic heterocycles. The van der Waals surface area contributed by atoms with Crippen LogP contribution in [0.15, 0.2) is 42.5 Å². The van der Waals surface area contributed by atoms with Gasteiger partial charge >= 0.3 is 0 Å². The molecule has 6 nitrogen and oxygen atoms in total. The van der Waals surface area contributed by atoms with Gasteiger partial charge in [0.05, 0.1) is 14.2 Å². The van der Waals surface area contributed by atoms with Crippen LogP contribution in [0.4, 0.5) is 10.1 Å². The Morgan fingerprint density at radius 3 is 2.42 bits per heavy atom. The lowest BCUT2D eigenvalue weighted by atomic mass is 10.2. The van der Waals surface area contributed by atoms with Crippen molar-refractivity contribution in [2.45, 2.75) is 6.92 Å². The van der Waals surface area contributed by atoms with Crippen molar-refractivity contribution in [2.24, 2.45) is 0 Å². The smallest absolute Gasteiger partial charge is 0.251 e. The minimum atomic E-state index is -0.428. The Balaban J connectivity index is 2.01. The predicted octanol–water partition coefficient (Wildman–Crippen LogP) is 2.63. The molecule has 0 saturated heterocycles. The molecule has 0 radical (unpaired) electrons. The molecule has 26 heavy (non-hydrogen) atoms. The van der Waals surface area contributed by atoms with Crippen LogP contribution in [0.5, 0.6) is 11.5 Å². The molecular weight excluding hydrogens is 339 g/mol. The van der Waals surface area contributed by atoms with E-state index in [1.165, 1.54) is 44.2 Å². The average Bonchev–Trinajstić information content (AvgIpc) is 2.64. The van der Waals surface area contributed by atoms with Crippen molar-refractivity contribution in [3.05, 3.63) is 53.8 Å². The number of hydrogen-bond acceptors (Lipinski definition) is 4. The largest absolute Gasteiger partial charge is 0.493 e. The quantitative estimate of drug-likeness (QED) is 0.824. The van der Waals surface area contributed by atoms with E-state index in [2.05, 4.69) is 5.32 Å². The van der Waals surface area contributed by atoms with Crippen LogP contribution in [0.3, 0.4) is 0 Å². The highest BCUT2D eigenvalue weighted by atomic mass is 19.1. The van der Waals surface area contributed by atoms with E-state index >= 15 is 0 Å². The van der Waals surface area contributed by atoms with E-state index in [0.29, 0.717) is 22.7 Å². The number of hydrogen-bond donors (Lipinski definition) is 1. The number of carbonyl (C=O) groups excluding carboxylic acids is 2. The number of rotatable bonds is 7. The van der Waals surface area contributed by atoms with Gasteiger partial charge in [-0.1, -0.05) is 6.07 Å². The number of benzene rings is 2. The molecule has 2 aromatic carbocycles. The Kier molecular flexibility index (Phi) is 6.54. The summed E-state index contributed by atoms with van der Waals surface area (Å²) in [7, 11) is 3.00. The SMILES string of the molecule is COc1ccc(C(=O)NCCN(C(C)=O)c2cccc(F)c2)cc1OC. The van der Waals surface area contributed by atoms with Gasteiger partial charge in [0, 0.05) is 31.3 Å². The van der Waals surface area contributed by atoms with Crippen molar-refractivity contribution in [1.29, 1.82) is 0 Å². The van der Waals surface area contributed by atoms with Crippen LogP contribution >= 0.6 is 0 Å². The zero-order chi connectivity index (χ0) is 19.1. The van der Waals surface area contributed by atoms with E-state index in [0.717, 1.165) is 0 Å². The van der Waals surface area contributed by atoms with Gasteiger partial charge in [0.25, 0.3) is 5.91 Å². The van der Waals surface area contributed by atoms with Gasteiger partial charge in [-0.25, -0.2) is 4.39 Å². The fourth-order valence-electron chi connectivity index (χ4n) is 2.47. The van der Waals surface area contributed by atoms with Gasteiger partial charge in [0.15, 0.2) is 11.5 Å². The van der Waals surface area contributed by atoms with Crippen molar-refractivity contribution in [2.75, 3.05) is 32.2 Å². The van der Waals surface area contributed by atoms with Crippen LogP contribution in [-0.4, -0.2) is 39.1 Å². The number of halogens is 1.